The van der Waals surface area contributed by atoms with Crippen molar-refractivity contribution in [2.75, 3.05) is 5.73 Å². The molecule has 98 valence electrons. The van der Waals surface area contributed by atoms with Gasteiger partial charge in [0.05, 0.1) is 0 Å². The molecule has 0 saturated heterocycles. The van der Waals surface area contributed by atoms with Gasteiger partial charge in [0.25, 0.3) is 5.56 Å². The lowest BCUT2D eigenvalue weighted by molar-refractivity contribution is 0.456. The fourth-order valence-corrected chi connectivity index (χ4v) is 4.79. The highest BCUT2D eigenvalue weighted by Gasteiger charge is 2.66. The number of anilines is 1. The molecule has 5 rings (SSSR count). The summed E-state index contributed by atoms with van der Waals surface area (Å²) in [4.78, 5) is 26.1. The zero-order valence-electron chi connectivity index (χ0n) is 10.4. The molecule has 3 aliphatic carbocycles. The highest BCUT2D eigenvalue weighted by atomic mass is 16.1. The smallest absolute Gasteiger partial charge is 0.278 e. The van der Waals surface area contributed by atoms with Crippen molar-refractivity contribution < 1.29 is 0 Å². The molecular weight excluding hydrogens is 242 g/mol. The number of rotatable bonds is 1. The Hall–Kier alpha value is -1.85. The zero-order valence-corrected chi connectivity index (χ0v) is 10.4. The van der Waals surface area contributed by atoms with Crippen LogP contribution in [-0.2, 0) is 0 Å². The Balaban J connectivity index is 1.61. The average molecular weight is 257 g/mol. The van der Waals surface area contributed by atoms with Crippen LogP contribution in [0.5, 0.6) is 0 Å². The van der Waals surface area contributed by atoms with Crippen LogP contribution in [0.4, 0.5) is 5.95 Å². The van der Waals surface area contributed by atoms with Gasteiger partial charge in [-0.1, -0.05) is 0 Å². The molecule has 2 aromatic heterocycles. The van der Waals surface area contributed by atoms with E-state index in [9.17, 15) is 4.79 Å². The predicted molar refractivity (Wildman–Crippen MR) is 69.5 cm³/mol. The summed E-state index contributed by atoms with van der Waals surface area (Å²) in [6, 6.07) is 0. The number of nitrogens with two attached hydrogens (primary N) is 1. The lowest BCUT2D eigenvalue weighted by atomic mass is 10.0. The van der Waals surface area contributed by atoms with E-state index in [1.54, 1.807) is 0 Å². The maximum Gasteiger partial charge on any atom is 0.278 e. The van der Waals surface area contributed by atoms with Crippen LogP contribution in [0.15, 0.2) is 4.79 Å². The minimum atomic E-state index is -0.227. The van der Waals surface area contributed by atoms with Gasteiger partial charge in [0.15, 0.2) is 11.2 Å². The van der Waals surface area contributed by atoms with Crippen molar-refractivity contribution in [2.24, 2.45) is 23.7 Å². The maximum atomic E-state index is 11.8. The van der Waals surface area contributed by atoms with Gasteiger partial charge in [0.1, 0.15) is 5.82 Å². The van der Waals surface area contributed by atoms with Gasteiger partial charge < -0.3 is 10.7 Å². The van der Waals surface area contributed by atoms with Crippen LogP contribution in [0.1, 0.15) is 31.0 Å². The number of H-pyrrole nitrogens is 2. The maximum absolute atomic E-state index is 11.8. The van der Waals surface area contributed by atoms with Gasteiger partial charge in [-0.3, -0.25) is 9.78 Å². The van der Waals surface area contributed by atoms with Gasteiger partial charge in [0.2, 0.25) is 5.95 Å². The molecule has 0 aromatic carbocycles. The minimum Gasteiger partial charge on any atom is -0.369 e. The van der Waals surface area contributed by atoms with Crippen molar-refractivity contribution >= 4 is 17.1 Å². The molecule has 6 nitrogen and oxygen atoms in total. The van der Waals surface area contributed by atoms with E-state index in [-0.39, 0.29) is 11.5 Å². The first kappa shape index (κ1) is 10.00. The van der Waals surface area contributed by atoms with Crippen LogP contribution in [0.3, 0.4) is 0 Å². The third-order valence-electron chi connectivity index (χ3n) is 5.45. The van der Waals surface area contributed by atoms with Crippen LogP contribution in [-0.4, -0.2) is 19.9 Å². The van der Waals surface area contributed by atoms with E-state index < -0.39 is 0 Å². The fraction of sp³-hybridized carbons (Fsp3) is 0.615. The first-order valence-corrected chi connectivity index (χ1v) is 6.98. The summed E-state index contributed by atoms with van der Waals surface area (Å²) < 4.78 is 0. The third kappa shape index (κ3) is 1.14. The van der Waals surface area contributed by atoms with E-state index in [1.807, 2.05) is 0 Å². The standard InChI is InChI=1S/C13H15N5O/c14-13-17-11-9(12(19)18-13)15-10(16-11)8-6-4-1-2-5(3-4)7(6)8/h4-8H,1-3H2,(H4,14,15,16,17,18,19). The van der Waals surface area contributed by atoms with Crippen molar-refractivity contribution in [3.8, 4) is 0 Å². The Morgan fingerprint density at radius 3 is 2.58 bits per heavy atom. The molecule has 0 aliphatic heterocycles. The normalized spacial score (nSPS) is 38.8. The van der Waals surface area contributed by atoms with Gasteiger partial charge in [-0.25, -0.2) is 4.98 Å². The zero-order chi connectivity index (χ0) is 12.7. The molecule has 0 spiro atoms. The van der Waals surface area contributed by atoms with Gasteiger partial charge in [-0.05, 0) is 42.9 Å². The largest absolute Gasteiger partial charge is 0.369 e. The number of hydrogen-bond acceptors (Lipinski definition) is 4. The topological polar surface area (TPSA) is 100 Å². The van der Waals surface area contributed by atoms with Crippen molar-refractivity contribution in [1.82, 2.24) is 19.9 Å². The van der Waals surface area contributed by atoms with Crippen LogP contribution in [0, 0.1) is 23.7 Å². The van der Waals surface area contributed by atoms with E-state index in [0.717, 1.165) is 29.5 Å². The summed E-state index contributed by atoms with van der Waals surface area (Å²) in [6.07, 6.45) is 4.18. The molecule has 2 heterocycles. The molecule has 4 unspecified atom stereocenters. The Bertz CT molecular complexity index is 731. The lowest BCUT2D eigenvalue weighted by Gasteiger charge is -2.05. The molecule has 2 aromatic rings. The summed E-state index contributed by atoms with van der Waals surface area (Å²) >= 11 is 0. The molecule has 2 bridgehead atoms. The van der Waals surface area contributed by atoms with Crippen LogP contribution in [0.25, 0.3) is 11.2 Å². The van der Waals surface area contributed by atoms with Crippen LogP contribution < -0.4 is 11.3 Å². The summed E-state index contributed by atoms with van der Waals surface area (Å²) in [5.74, 6) is 5.00. The lowest BCUT2D eigenvalue weighted by Crippen LogP contribution is -2.10. The molecule has 4 atom stereocenters. The molecule has 3 fully saturated rings. The monoisotopic (exact) mass is 257 g/mol. The first-order chi connectivity index (χ1) is 9.22. The van der Waals surface area contributed by atoms with Gasteiger partial charge in [-0.15, -0.1) is 0 Å². The van der Waals surface area contributed by atoms with Crippen molar-refractivity contribution in [3.63, 3.8) is 0 Å². The van der Waals surface area contributed by atoms with Crippen LogP contribution in [0.2, 0.25) is 0 Å². The summed E-state index contributed by atoms with van der Waals surface area (Å²) in [6.45, 7) is 0. The molecule has 19 heavy (non-hydrogen) atoms. The highest BCUT2D eigenvalue weighted by Crippen LogP contribution is 2.72. The average Bonchev–Trinajstić information content (AvgIpc) is 2.76. The molecule has 0 radical (unpaired) electrons. The Kier molecular flexibility index (Phi) is 1.58. The minimum absolute atomic E-state index is 0.131. The third-order valence-corrected chi connectivity index (χ3v) is 5.45. The number of hydrogen-bond donors (Lipinski definition) is 3. The van der Waals surface area contributed by atoms with E-state index in [0.29, 0.717) is 17.1 Å². The number of nitrogens with zero attached hydrogens (tertiary/aromatic N) is 2. The van der Waals surface area contributed by atoms with E-state index in [4.69, 9.17) is 5.73 Å². The predicted octanol–water partition coefficient (Wildman–Crippen LogP) is 0.988. The number of aromatic nitrogens is 4. The second kappa shape index (κ2) is 3.00. The van der Waals surface area contributed by atoms with Crippen LogP contribution >= 0.6 is 0 Å². The van der Waals surface area contributed by atoms with E-state index in [2.05, 4.69) is 19.9 Å². The molecule has 4 N–H and O–H groups in total. The van der Waals surface area contributed by atoms with Crippen molar-refractivity contribution in [3.05, 3.63) is 16.2 Å². The fourth-order valence-electron chi connectivity index (χ4n) is 4.79. The molecule has 3 saturated carbocycles. The molecular formula is C13H15N5O. The number of fused-ring (bicyclic) bond motifs is 6. The van der Waals surface area contributed by atoms with Gasteiger partial charge in [-0.2, -0.15) is 4.98 Å². The van der Waals surface area contributed by atoms with E-state index >= 15 is 0 Å². The second-order valence-electron chi connectivity index (χ2n) is 6.29. The first-order valence-electron chi connectivity index (χ1n) is 6.98. The number of imidazole rings is 1. The summed E-state index contributed by atoms with van der Waals surface area (Å²) in [5, 5.41) is 0. The quantitative estimate of drug-likeness (QED) is 0.709. The number of nitrogen functional groups attached to an aromatic ring is 1. The Morgan fingerprint density at radius 2 is 1.84 bits per heavy atom. The SMILES string of the molecule is Nc1nc2nc(C3C4C5CCC(C5)C34)[nH]c2c(=O)[nH]1. The Morgan fingerprint density at radius 1 is 1.11 bits per heavy atom. The molecule has 6 heteroatoms. The molecule has 3 aliphatic rings. The van der Waals surface area contributed by atoms with Crippen molar-refractivity contribution in [2.45, 2.75) is 25.2 Å². The Labute approximate surface area is 108 Å². The number of aromatic amines is 2. The van der Waals surface area contributed by atoms with Crippen molar-refractivity contribution in [1.29, 1.82) is 0 Å². The summed E-state index contributed by atoms with van der Waals surface area (Å²) in [5.41, 5.74) is 6.24. The second-order valence-corrected chi connectivity index (χ2v) is 6.29. The number of nitrogens with one attached hydrogen (secondary N) is 2. The molecule has 0 amide bonds. The van der Waals surface area contributed by atoms with E-state index in [1.165, 1.54) is 19.3 Å². The van der Waals surface area contributed by atoms with Gasteiger partial charge >= 0.3 is 0 Å². The summed E-state index contributed by atoms with van der Waals surface area (Å²) in [7, 11) is 0. The highest BCUT2D eigenvalue weighted by molar-refractivity contribution is 5.70. The van der Waals surface area contributed by atoms with Gasteiger partial charge in [0, 0.05) is 5.92 Å².